The number of hydrogen-bond donors (Lipinski definition) is 1. The minimum Gasteiger partial charge on any atom is -0.396 e. The quantitative estimate of drug-likeness (QED) is 0.884. The van der Waals surface area contributed by atoms with Crippen molar-refractivity contribution in [2.24, 2.45) is 0 Å². The SMILES string of the molecule is OCC[C@@H]1CN(c2ncccc2C(F)(F)F)CCN1Cc1ccccc1. The number of anilines is 1. The van der Waals surface area contributed by atoms with Gasteiger partial charge in [0.2, 0.25) is 0 Å². The van der Waals surface area contributed by atoms with Crippen LogP contribution >= 0.6 is 0 Å². The average Bonchev–Trinajstić information content (AvgIpc) is 2.63. The number of nitrogens with zero attached hydrogens (tertiary/aromatic N) is 3. The number of piperazine rings is 1. The zero-order valence-electron chi connectivity index (χ0n) is 14.4. The standard InChI is InChI=1S/C19H22F3N3O/c20-19(21,22)17-7-4-9-23-18(17)25-11-10-24(16(14-25)8-12-26)13-15-5-2-1-3-6-15/h1-7,9,16,26H,8,10-14H2/t16-/m1/s1. The second-order valence-corrected chi connectivity index (χ2v) is 6.44. The van der Waals surface area contributed by atoms with Gasteiger partial charge in [0.1, 0.15) is 5.82 Å². The molecule has 3 rings (SSSR count). The van der Waals surface area contributed by atoms with Crippen LogP contribution in [0.25, 0.3) is 0 Å². The molecule has 0 bridgehead atoms. The molecule has 0 amide bonds. The smallest absolute Gasteiger partial charge is 0.396 e. The predicted octanol–water partition coefficient (Wildman–Crippen LogP) is 3.17. The molecule has 140 valence electrons. The van der Waals surface area contributed by atoms with Crippen LogP contribution in [0.15, 0.2) is 48.7 Å². The lowest BCUT2D eigenvalue weighted by molar-refractivity contribution is -0.137. The molecular weight excluding hydrogens is 343 g/mol. The first-order valence-corrected chi connectivity index (χ1v) is 8.65. The van der Waals surface area contributed by atoms with Gasteiger partial charge in [0.05, 0.1) is 5.56 Å². The van der Waals surface area contributed by atoms with E-state index < -0.39 is 11.7 Å². The van der Waals surface area contributed by atoms with Crippen LogP contribution in [-0.2, 0) is 12.7 Å². The van der Waals surface area contributed by atoms with E-state index in [1.54, 1.807) is 4.90 Å². The van der Waals surface area contributed by atoms with Gasteiger partial charge in [0.15, 0.2) is 0 Å². The summed E-state index contributed by atoms with van der Waals surface area (Å²) in [6.07, 6.45) is -2.53. The zero-order chi connectivity index (χ0) is 18.6. The first-order chi connectivity index (χ1) is 12.5. The molecule has 0 unspecified atom stereocenters. The van der Waals surface area contributed by atoms with Crippen LogP contribution < -0.4 is 4.90 Å². The summed E-state index contributed by atoms with van der Waals surface area (Å²) in [5.41, 5.74) is 0.442. The van der Waals surface area contributed by atoms with E-state index in [1.807, 2.05) is 30.3 Å². The Hall–Kier alpha value is -2.12. The summed E-state index contributed by atoms with van der Waals surface area (Å²) in [7, 11) is 0. The lowest BCUT2D eigenvalue weighted by atomic mass is 10.1. The Morgan fingerprint density at radius 3 is 2.54 bits per heavy atom. The van der Waals surface area contributed by atoms with Gasteiger partial charge in [0.25, 0.3) is 0 Å². The maximum Gasteiger partial charge on any atom is 0.419 e. The second kappa shape index (κ2) is 8.05. The zero-order valence-corrected chi connectivity index (χ0v) is 14.4. The van der Waals surface area contributed by atoms with Crippen LogP contribution in [0.1, 0.15) is 17.5 Å². The number of rotatable bonds is 5. The molecule has 0 aliphatic carbocycles. The van der Waals surface area contributed by atoms with Gasteiger partial charge >= 0.3 is 6.18 Å². The maximum atomic E-state index is 13.3. The van der Waals surface area contributed by atoms with Gasteiger partial charge in [-0.3, -0.25) is 4.90 Å². The van der Waals surface area contributed by atoms with Crippen LogP contribution in [0.5, 0.6) is 0 Å². The average molecular weight is 365 g/mol. The third kappa shape index (κ3) is 4.34. The van der Waals surface area contributed by atoms with Crippen LogP contribution in [0.3, 0.4) is 0 Å². The fourth-order valence-electron chi connectivity index (χ4n) is 3.40. The monoisotopic (exact) mass is 365 g/mol. The van der Waals surface area contributed by atoms with E-state index in [1.165, 1.54) is 12.3 Å². The number of alkyl halides is 3. The molecular formula is C19H22F3N3O. The van der Waals surface area contributed by atoms with E-state index in [9.17, 15) is 18.3 Å². The largest absolute Gasteiger partial charge is 0.419 e. The highest BCUT2D eigenvalue weighted by Gasteiger charge is 2.37. The molecule has 1 fully saturated rings. The third-order valence-electron chi connectivity index (χ3n) is 4.69. The highest BCUT2D eigenvalue weighted by Crippen LogP contribution is 2.36. The number of aliphatic hydroxyl groups is 1. The summed E-state index contributed by atoms with van der Waals surface area (Å²) in [5.74, 6) is -0.0256. The van der Waals surface area contributed by atoms with Crippen molar-refractivity contribution in [3.63, 3.8) is 0 Å². The molecule has 2 aromatic rings. The summed E-state index contributed by atoms with van der Waals surface area (Å²) in [4.78, 5) is 7.90. The van der Waals surface area contributed by atoms with Crippen LogP contribution in [0.4, 0.5) is 19.0 Å². The van der Waals surface area contributed by atoms with Crippen molar-refractivity contribution < 1.29 is 18.3 Å². The third-order valence-corrected chi connectivity index (χ3v) is 4.69. The molecule has 7 heteroatoms. The fraction of sp³-hybridized carbons (Fsp3) is 0.421. The Morgan fingerprint density at radius 1 is 1.08 bits per heavy atom. The van der Waals surface area contributed by atoms with Crippen molar-refractivity contribution in [1.29, 1.82) is 0 Å². The molecule has 1 aliphatic heterocycles. The van der Waals surface area contributed by atoms with Crippen molar-refractivity contribution in [3.05, 3.63) is 59.8 Å². The van der Waals surface area contributed by atoms with Gasteiger partial charge in [-0.1, -0.05) is 30.3 Å². The topological polar surface area (TPSA) is 39.6 Å². The molecule has 1 aliphatic rings. The van der Waals surface area contributed by atoms with Gasteiger partial charge in [0, 0.05) is 45.0 Å². The Morgan fingerprint density at radius 2 is 1.85 bits per heavy atom. The first kappa shape index (κ1) is 18.7. The van der Waals surface area contributed by atoms with Crippen molar-refractivity contribution in [2.45, 2.75) is 25.2 Å². The number of pyridine rings is 1. The maximum absolute atomic E-state index is 13.3. The van der Waals surface area contributed by atoms with Crippen LogP contribution in [0, 0.1) is 0 Å². The van der Waals surface area contributed by atoms with Crippen molar-refractivity contribution in [3.8, 4) is 0 Å². The summed E-state index contributed by atoms with van der Waals surface area (Å²) >= 11 is 0. The number of aromatic nitrogens is 1. The van der Waals surface area contributed by atoms with E-state index in [0.29, 0.717) is 32.6 Å². The first-order valence-electron chi connectivity index (χ1n) is 8.65. The highest BCUT2D eigenvalue weighted by molar-refractivity contribution is 5.49. The Labute approximate surface area is 150 Å². The number of halogens is 3. The summed E-state index contributed by atoms with van der Waals surface area (Å²) in [6, 6.07) is 12.3. The van der Waals surface area contributed by atoms with Gasteiger partial charge in [-0.05, 0) is 24.1 Å². The van der Waals surface area contributed by atoms with E-state index in [-0.39, 0.29) is 18.5 Å². The fourth-order valence-corrected chi connectivity index (χ4v) is 3.40. The minimum absolute atomic E-state index is 0.00184. The van der Waals surface area contributed by atoms with E-state index >= 15 is 0 Å². The number of hydrogen-bond acceptors (Lipinski definition) is 4. The van der Waals surface area contributed by atoms with E-state index in [2.05, 4.69) is 9.88 Å². The molecule has 1 N–H and O–H groups in total. The molecule has 4 nitrogen and oxygen atoms in total. The lowest BCUT2D eigenvalue weighted by Gasteiger charge is -2.42. The van der Waals surface area contributed by atoms with Crippen molar-refractivity contribution in [1.82, 2.24) is 9.88 Å². The molecule has 0 saturated carbocycles. The summed E-state index contributed by atoms with van der Waals surface area (Å²) in [5, 5.41) is 9.40. The molecule has 0 spiro atoms. The van der Waals surface area contributed by atoms with Gasteiger partial charge in [-0.2, -0.15) is 13.2 Å². The molecule has 1 aromatic carbocycles. The Balaban J connectivity index is 1.78. The summed E-state index contributed by atoms with van der Waals surface area (Å²) < 4.78 is 39.9. The Bertz CT molecular complexity index is 709. The molecule has 1 aromatic heterocycles. The lowest BCUT2D eigenvalue weighted by Crippen LogP contribution is -2.53. The number of benzene rings is 1. The second-order valence-electron chi connectivity index (χ2n) is 6.44. The van der Waals surface area contributed by atoms with E-state index in [0.717, 1.165) is 11.6 Å². The van der Waals surface area contributed by atoms with Gasteiger partial charge in [-0.25, -0.2) is 4.98 Å². The number of aliphatic hydroxyl groups excluding tert-OH is 1. The van der Waals surface area contributed by atoms with Crippen LogP contribution in [-0.4, -0.2) is 47.3 Å². The van der Waals surface area contributed by atoms with Crippen LogP contribution in [0.2, 0.25) is 0 Å². The molecule has 0 radical (unpaired) electrons. The minimum atomic E-state index is -4.43. The van der Waals surface area contributed by atoms with Crippen molar-refractivity contribution in [2.75, 3.05) is 31.1 Å². The van der Waals surface area contributed by atoms with Crippen molar-refractivity contribution >= 4 is 5.82 Å². The Kier molecular flexibility index (Phi) is 5.78. The van der Waals surface area contributed by atoms with E-state index in [4.69, 9.17) is 0 Å². The predicted molar refractivity (Wildman–Crippen MR) is 93.8 cm³/mol. The highest BCUT2D eigenvalue weighted by atomic mass is 19.4. The molecule has 26 heavy (non-hydrogen) atoms. The molecule has 1 atom stereocenters. The van der Waals surface area contributed by atoms with Gasteiger partial charge in [-0.15, -0.1) is 0 Å². The molecule has 2 heterocycles. The normalized spacial score (nSPS) is 18.9. The molecule has 1 saturated heterocycles. The summed E-state index contributed by atoms with van der Waals surface area (Å²) in [6.45, 7) is 2.21. The van der Waals surface area contributed by atoms with Gasteiger partial charge < -0.3 is 10.0 Å².